The van der Waals surface area contributed by atoms with Gasteiger partial charge in [0.25, 0.3) is 0 Å². The fraction of sp³-hybridized carbons (Fsp3) is 0.667. The second-order valence-corrected chi connectivity index (χ2v) is 9.18. The zero-order chi connectivity index (χ0) is 16.0. The lowest BCUT2D eigenvalue weighted by molar-refractivity contribution is -0.121. The number of carbonyl (C=O) groups is 1. The molecule has 118 valence electrons. The molecule has 0 spiro atoms. The van der Waals surface area contributed by atoms with Crippen LogP contribution in [0.5, 0.6) is 0 Å². The first-order chi connectivity index (χ1) is 9.49. The average Bonchev–Trinajstić information content (AvgIpc) is 2.65. The van der Waals surface area contributed by atoms with Crippen LogP contribution >= 0.6 is 0 Å². The summed E-state index contributed by atoms with van der Waals surface area (Å²) in [5, 5.41) is 1.83. The molecule has 0 aliphatic heterocycles. The first-order valence-electron chi connectivity index (χ1n) is 7.08. The number of carbonyl (C=O) groups excluding carboxylic acids is 1. The van der Waals surface area contributed by atoms with Gasteiger partial charge >= 0.3 is 0 Å². The molecular formula is C15H23NO4S. The van der Waals surface area contributed by atoms with Gasteiger partial charge in [-0.25, -0.2) is 8.42 Å². The normalized spacial score (nSPS) is 22.4. The quantitative estimate of drug-likeness (QED) is 0.927. The number of hydrogen-bond donors (Lipinski definition) is 1. The Bertz CT molecular complexity index is 657. The minimum absolute atomic E-state index is 0.00354. The molecule has 21 heavy (non-hydrogen) atoms. The summed E-state index contributed by atoms with van der Waals surface area (Å²) in [7, 11) is -3.39. The van der Waals surface area contributed by atoms with E-state index in [-0.39, 0.29) is 11.5 Å². The Morgan fingerprint density at radius 2 is 2.10 bits per heavy atom. The number of amides is 1. The highest BCUT2D eigenvalue weighted by molar-refractivity contribution is 7.92. The van der Waals surface area contributed by atoms with Crippen LogP contribution in [0.25, 0.3) is 0 Å². The minimum Gasteiger partial charge on any atom is -0.466 e. The van der Waals surface area contributed by atoms with Crippen LogP contribution in [0, 0.1) is 12.3 Å². The highest BCUT2D eigenvalue weighted by Gasteiger charge is 2.37. The van der Waals surface area contributed by atoms with Crippen molar-refractivity contribution in [3.63, 3.8) is 0 Å². The predicted octanol–water partition coefficient (Wildman–Crippen LogP) is 2.15. The van der Waals surface area contributed by atoms with Gasteiger partial charge in [-0.1, -0.05) is 13.8 Å². The van der Waals surface area contributed by atoms with Crippen LogP contribution in [0.15, 0.2) is 10.5 Å². The molecule has 0 bridgehead atoms. The second-order valence-electron chi connectivity index (χ2n) is 6.81. The highest BCUT2D eigenvalue weighted by atomic mass is 32.2. The zero-order valence-corrected chi connectivity index (χ0v) is 14.0. The summed E-state index contributed by atoms with van der Waals surface area (Å²) >= 11 is 0. The van der Waals surface area contributed by atoms with E-state index in [9.17, 15) is 13.2 Å². The van der Waals surface area contributed by atoms with Crippen LogP contribution in [0.4, 0.5) is 0 Å². The van der Waals surface area contributed by atoms with Crippen molar-refractivity contribution in [2.75, 3.05) is 6.26 Å². The first kappa shape index (κ1) is 16.1. The summed E-state index contributed by atoms with van der Waals surface area (Å²) in [6, 6.07) is 1.73. The maximum absolute atomic E-state index is 12.2. The average molecular weight is 313 g/mol. The van der Waals surface area contributed by atoms with E-state index in [4.69, 9.17) is 4.42 Å². The molecule has 1 aliphatic rings. The van der Waals surface area contributed by atoms with Gasteiger partial charge in [-0.2, -0.15) is 0 Å². The van der Waals surface area contributed by atoms with Crippen molar-refractivity contribution < 1.29 is 17.6 Å². The van der Waals surface area contributed by atoms with Gasteiger partial charge in [-0.15, -0.1) is 0 Å². The van der Waals surface area contributed by atoms with Gasteiger partial charge in [-0.3, -0.25) is 4.79 Å². The summed E-state index contributed by atoms with van der Waals surface area (Å²) in [5.41, 5.74) is 0.977. The van der Waals surface area contributed by atoms with Crippen LogP contribution in [0.1, 0.15) is 50.3 Å². The monoisotopic (exact) mass is 313 g/mol. The van der Waals surface area contributed by atoms with Gasteiger partial charge in [0.05, 0.1) is 6.04 Å². The molecule has 1 N–H and O–H groups in total. The predicted molar refractivity (Wildman–Crippen MR) is 80.7 cm³/mol. The summed E-state index contributed by atoms with van der Waals surface area (Å²) in [4.78, 5) is 12.2. The molecular weight excluding hydrogens is 290 g/mol. The molecule has 0 aromatic carbocycles. The largest absolute Gasteiger partial charge is 0.466 e. The molecule has 2 unspecified atom stereocenters. The Morgan fingerprint density at radius 1 is 1.48 bits per heavy atom. The van der Waals surface area contributed by atoms with Crippen LogP contribution < -0.4 is 5.32 Å². The van der Waals surface area contributed by atoms with Crippen LogP contribution in [-0.2, 0) is 21.1 Å². The van der Waals surface area contributed by atoms with E-state index < -0.39 is 21.0 Å². The lowest BCUT2D eigenvalue weighted by atomic mass is 9.74. The Morgan fingerprint density at radius 3 is 2.67 bits per heavy atom. The van der Waals surface area contributed by atoms with Gasteiger partial charge in [0.2, 0.25) is 5.91 Å². The fourth-order valence-electron chi connectivity index (χ4n) is 2.80. The molecule has 2 rings (SSSR count). The summed E-state index contributed by atoms with van der Waals surface area (Å²) in [6.45, 7) is 7.53. The first-order valence-corrected chi connectivity index (χ1v) is 9.03. The van der Waals surface area contributed by atoms with Gasteiger partial charge in [0.15, 0.2) is 9.84 Å². The molecule has 0 radical (unpaired) electrons. The van der Waals surface area contributed by atoms with Gasteiger partial charge in [-0.05, 0) is 31.7 Å². The van der Waals surface area contributed by atoms with Crippen LogP contribution in [0.3, 0.4) is 0 Å². The molecule has 1 amide bonds. The number of rotatable bonds is 3. The molecule has 1 aliphatic carbocycles. The molecule has 1 aromatic rings. The van der Waals surface area contributed by atoms with Crippen molar-refractivity contribution in [2.24, 2.45) is 5.41 Å². The standard InChI is InChI=1S/C15H23NO4S/c1-9-6-11-12(7-15(3,4)8-13(11)20-9)16-14(17)10(2)21(5,18)19/h6,10,12H,7-8H2,1-5H3,(H,16,17). The van der Waals surface area contributed by atoms with Crippen molar-refractivity contribution in [3.05, 3.63) is 23.2 Å². The third kappa shape index (κ3) is 3.48. The van der Waals surface area contributed by atoms with E-state index in [2.05, 4.69) is 19.2 Å². The van der Waals surface area contributed by atoms with Crippen molar-refractivity contribution in [1.82, 2.24) is 5.32 Å². The molecule has 5 nitrogen and oxygen atoms in total. The van der Waals surface area contributed by atoms with Crippen LogP contribution in [0.2, 0.25) is 0 Å². The topological polar surface area (TPSA) is 76.4 Å². The van der Waals surface area contributed by atoms with E-state index >= 15 is 0 Å². The molecule has 0 saturated carbocycles. The number of sulfone groups is 1. The lowest BCUT2D eigenvalue weighted by Gasteiger charge is -2.35. The molecule has 0 saturated heterocycles. The van der Waals surface area contributed by atoms with Crippen LogP contribution in [-0.4, -0.2) is 25.8 Å². The summed E-state index contributed by atoms with van der Waals surface area (Å²) < 4.78 is 28.7. The summed E-state index contributed by atoms with van der Waals surface area (Å²) in [5.74, 6) is 1.25. The molecule has 1 aromatic heterocycles. The van der Waals surface area contributed by atoms with E-state index in [1.54, 1.807) is 0 Å². The number of fused-ring (bicyclic) bond motifs is 1. The number of aryl methyl sites for hydroxylation is 1. The highest BCUT2D eigenvalue weighted by Crippen LogP contribution is 2.42. The summed E-state index contributed by atoms with van der Waals surface area (Å²) in [6.07, 6.45) is 2.67. The number of nitrogens with one attached hydrogen (secondary N) is 1. The SMILES string of the molecule is Cc1cc2c(o1)CC(C)(C)CC2NC(=O)C(C)S(C)(=O)=O. The molecule has 1 heterocycles. The third-order valence-electron chi connectivity index (χ3n) is 4.06. The van der Waals surface area contributed by atoms with Gasteiger partial charge < -0.3 is 9.73 Å². The van der Waals surface area contributed by atoms with Crippen molar-refractivity contribution >= 4 is 15.7 Å². The van der Waals surface area contributed by atoms with Gasteiger partial charge in [0, 0.05) is 18.2 Å². The Balaban J connectivity index is 2.26. The van der Waals surface area contributed by atoms with E-state index in [0.717, 1.165) is 36.2 Å². The fourth-order valence-corrected chi connectivity index (χ4v) is 3.25. The Labute approximate surface area is 126 Å². The van der Waals surface area contributed by atoms with Crippen molar-refractivity contribution in [3.8, 4) is 0 Å². The minimum atomic E-state index is -3.39. The number of furan rings is 1. The van der Waals surface area contributed by atoms with E-state index in [1.165, 1.54) is 6.92 Å². The second kappa shape index (κ2) is 5.16. The number of hydrogen-bond acceptors (Lipinski definition) is 4. The molecule has 0 fully saturated rings. The smallest absolute Gasteiger partial charge is 0.238 e. The molecule has 6 heteroatoms. The van der Waals surface area contributed by atoms with Gasteiger partial charge in [0.1, 0.15) is 16.8 Å². The third-order valence-corrected chi connectivity index (χ3v) is 5.56. The zero-order valence-electron chi connectivity index (χ0n) is 13.2. The Kier molecular flexibility index (Phi) is 3.95. The van der Waals surface area contributed by atoms with E-state index in [0.29, 0.717) is 0 Å². The van der Waals surface area contributed by atoms with E-state index in [1.807, 2.05) is 13.0 Å². The molecule has 2 atom stereocenters. The van der Waals surface area contributed by atoms with Crippen molar-refractivity contribution in [2.45, 2.75) is 51.8 Å². The Hall–Kier alpha value is -1.30. The maximum Gasteiger partial charge on any atom is 0.238 e. The maximum atomic E-state index is 12.2. The lowest BCUT2D eigenvalue weighted by Crippen LogP contribution is -2.42. The van der Waals surface area contributed by atoms with Crippen molar-refractivity contribution in [1.29, 1.82) is 0 Å².